The Morgan fingerprint density at radius 3 is 2.35 bits per heavy atom. The molecule has 0 spiro atoms. The second-order valence-electron chi connectivity index (χ2n) is 4.34. The van der Waals surface area contributed by atoms with Crippen LogP contribution in [0.2, 0.25) is 10.0 Å². The highest BCUT2D eigenvalue weighted by Gasteiger charge is 2.16. The molecule has 7 nitrogen and oxygen atoms in total. The first-order valence-electron chi connectivity index (χ1n) is 6.18. The molecular formula is C14H9Cl2N3O4. The summed E-state index contributed by atoms with van der Waals surface area (Å²) < 4.78 is 0. The van der Waals surface area contributed by atoms with E-state index in [0.29, 0.717) is 5.02 Å². The summed E-state index contributed by atoms with van der Waals surface area (Å²) in [6.45, 7) is 0. The van der Waals surface area contributed by atoms with Crippen molar-refractivity contribution in [2.45, 2.75) is 0 Å². The number of hydrazine groups is 1. The molecule has 0 bridgehead atoms. The van der Waals surface area contributed by atoms with Crippen LogP contribution in [0.25, 0.3) is 0 Å². The van der Waals surface area contributed by atoms with Gasteiger partial charge in [0, 0.05) is 22.7 Å². The van der Waals surface area contributed by atoms with E-state index in [4.69, 9.17) is 23.2 Å². The Morgan fingerprint density at radius 1 is 1.00 bits per heavy atom. The van der Waals surface area contributed by atoms with Gasteiger partial charge >= 0.3 is 0 Å². The van der Waals surface area contributed by atoms with Crippen molar-refractivity contribution in [2.24, 2.45) is 0 Å². The first-order chi connectivity index (χ1) is 10.9. The van der Waals surface area contributed by atoms with Gasteiger partial charge in [-0.2, -0.15) is 0 Å². The third-order valence-corrected chi connectivity index (χ3v) is 3.35. The van der Waals surface area contributed by atoms with Crippen molar-refractivity contribution >= 4 is 40.7 Å². The molecule has 0 fully saturated rings. The van der Waals surface area contributed by atoms with Crippen molar-refractivity contribution in [2.75, 3.05) is 0 Å². The molecule has 0 atom stereocenters. The predicted molar refractivity (Wildman–Crippen MR) is 84.5 cm³/mol. The molecule has 0 aromatic heterocycles. The summed E-state index contributed by atoms with van der Waals surface area (Å²) in [5, 5.41) is 11.1. The molecule has 2 aromatic rings. The molecule has 0 radical (unpaired) electrons. The number of halogens is 2. The average Bonchev–Trinajstić information content (AvgIpc) is 2.52. The molecule has 2 aromatic carbocycles. The summed E-state index contributed by atoms with van der Waals surface area (Å²) in [6.07, 6.45) is 0. The lowest BCUT2D eigenvalue weighted by Crippen LogP contribution is -2.41. The van der Waals surface area contributed by atoms with Gasteiger partial charge in [0.15, 0.2) is 0 Å². The second kappa shape index (κ2) is 7.08. The number of nitrogens with zero attached hydrogens (tertiary/aromatic N) is 1. The summed E-state index contributed by atoms with van der Waals surface area (Å²) in [5.74, 6) is -1.38. The number of carbonyl (C=O) groups excluding carboxylic acids is 2. The maximum Gasteiger partial charge on any atom is 0.271 e. The number of amides is 2. The van der Waals surface area contributed by atoms with Crippen LogP contribution in [0.15, 0.2) is 42.5 Å². The van der Waals surface area contributed by atoms with E-state index >= 15 is 0 Å². The highest BCUT2D eigenvalue weighted by atomic mass is 35.5. The first-order valence-corrected chi connectivity index (χ1v) is 6.94. The Bertz CT molecular complexity index is 795. The van der Waals surface area contributed by atoms with Gasteiger partial charge in [-0.3, -0.25) is 30.6 Å². The highest BCUT2D eigenvalue weighted by Crippen LogP contribution is 2.21. The van der Waals surface area contributed by atoms with Gasteiger partial charge in [-0.15, -0.1) is 0 Å². The Labute approximate surface area is 140 Å². The number of nitro groups is 1. The molecule has 23 heavy (non-hydrogen) atoms. The third-order valence-electron chi connectivity index (χ3n) is 2.78. The maximum atomic E-state index is 12.0. The van der Waals surface area contributed by atoms with Gasteiger partial charge in [0.1, 0.15) is 0 Å². The Kier molecular flexibility index (Phi) is 5.15. The minimum Gasteiger partial charge on any atom is -0.267 e. The van der Waals surface area contributed by atoms with Crippen LogP contribution in [-0.2, 0) is 0 Å². The molecule has 0 aliphatic carbocycles. The first kappa shape index (κ1) is 16.7. The topological polar surface area (TPSA) is 101 Å². The number of hydrogen-bond donors (Lipinski definition) is 2. The zero-order valence-corrected chi connectivity index (χ0v) is 12.9. The van der Waals surface area contributed by atoms with Gasteiger partial charge < -0.3 is 0 Å². The quantitative estimate of drug-likeness (QED) is 0.654. The molecule has 2 rings (SSSR count). The molecule has 0 aliphatic rings. The second-order valence-corrected chi connectivity index (χ2v) is 5.18. The minimum atomic E-state index is -0.783. The van der Waals surface area contributed by atoms with Crippen molar-refractivity contribution in [3.8, 4) is 0 Å². The molecule has 118 valence electrons. The number of nitro benzene ring substituents is 1. The zero-order valence-electron chi connectivity index (χ0n) is 11.4. The van der Waals surface area contributed by atoms with Crippen molar-refractivity contribution in [1.29, 1.82) is 0 Å². The summed E-state index contributed by atoms with van der Waals surface area (Å²) in [4.78, 5) is 33.9. The number of nitrogens with one attached hydrogen (secondary N) is 2. The molecule has 0 unspecified atom stereocenters. The monoisotopic (exact) mass is 353 g/mol. The van der Waals surface area contributed by atoms with Crippen LogP contribution in [0.4, 0.5) is 5.69 Å². The van der Waals surface area contributed by atoms with E-state index < -0.39 is 16.7 Å². The van der Waals surface area contributed by atoms with Crippen LogP contribution in [0, 0.1) is 10.1 Å². The molecule has 2 amide bonds. The van der Waals surface area contributed by atoms with Crippen LogP contribution in [0.3, 0.4) is 0 Å². The number of carbonyl (C=O) groups is 2. The fraction of sp³-hybridized carbons (Fsp3) is 0. The van der Waals surface area contributed by atoms with E-state index in [-0.39, 0.29) is 21.8 Å². The van der Waals surface area contributed by atoms with Crippen LogP contribution >= 0.6 is 23.2 Å². The molecule has 0 aliphatic heterocycles. The van der Waals surface area contributed by atoms with Gasteiger partial charge in [-0.1, -0.05) is 29.3 Å². The Balaban J connectivity index is 2.09. The van der Waals surface area contributed by atoms with E-state index in [1.807, 2.05) is 0 Å². The summed E-state index contributed by atoms with van der Waals surface area (Å²) in [7, 11) is 0. The van der Waals surface area contributed by atoms with Gasteiger partial charge in [-0.25, -0.2) is 0 Å². The fourth-order valence-corrected chi connectivity index (χ4v) is 2.08. The van der Waals surface area contributed by atoms with Crippen molar-refractivity contribution < 1.29 is 14.5 Å². The number of hydrogen-bond acceptors (Lipinski definition) is 4. The normalized spacial score (nSPS) is 10.0. The summed E-state index contributed by atoms with van der Waals surface area (Å²) in [6, 6.07) is 9.52. The molecule has 9 heteroatoms. The van der Waals surface area contributed by atoms with E-state index in [1.54, 1.807) is 12.1 Å². The van der Waals surface area contributed by atoms with E-state index in [2.05, 4.69) is 10.9 Å². The van der Waals surface area contributed by atoms with Crippen molar-refractivity contribution in [1.82, 2.24) is 10.9 Å². The standard InChI is InChI=1S/C14H9Cl2N3O4/c15-9-3-1-2-8(6-9)13(20)17-18-14(21)11-7-10(19(22)23)4-5-12(11)16/h1-7H,(H,17,20)(H,18,21). The van der Waals surface area contributed by atoms with Crippen LogP contribution in [-0.4, -0.2) is 16.7 Å². The molecule has 0 saturated heterocycles. The molecule has 0 heterocycles. The number of benzene rings is 2. The van der Waals surface area contributed by atoms with Crippen LogP contribution < -0.4 is 10.9 Å². The zero-order chi connectivity index (χ0) is 17.0. The van der Waals surface area contributed by atoms with Crippen LogP contribution in [0.5, 0.6) is 0 Å². The summed E-state index contributed by atoms with van der Waals surface area (Å²) in [5.41, 5.74) is 4.13. The molecular weight excluding hydrogens is 345 g/mol. The van der Waals surface area contributed by atoms with Gasteiger partial charge in [0.2, 0.25) is 0 Å². The average molecular weight is 354 g/mol. The smallest absolute Gasteiger partial charge is 0.267 e. The molecule has 0 saturated carbocycles. The van der Waals surface area contributed by atoms with E-state index in [9.17, 15) is 19.7 Å². The maximum absolute atomic E-state index is 12.0. The predicted octanol–water partition coefficient (Wildman–Crippen LogP) is 2.98. The number of rotatable bonds is 3. The Morgan fingerprint density at radius 2 is 1.70 bits per heavy atom. The van der Waals surface area contributed by atoms with Crippen LogP contribution in [0.1, 0.15) is 20.7 Å². The van der Waals surface area contributed by atoms with Gasteiger partial charge in [0.25, 0.3) is 17.5 Å². The van der Waals surface area contributed by atoms with Crippen molar-refractivity contribution in [3.05, 3.63) is 73.8 Å². The SMILES string of the molecule is O=C(NNC(=O)c1cc([N+](=O)[O-])ccc1Cl)c1cccc(Cl)c1. The lowest BCUT2D eigenvalue weighted by atomic mass is 10.2. The highest BCUT2D eigenvalue weighted by molar-refractivity contribution is 6.34. The summed E-state index contributed by atoms with van der Waals surface area (Å²) >= 11 is 11.6. The van der Waals surface area contributed by atoms with E-state index in [1.165, 1.54) is 24.3 Å². The van der Waals surface area contributed by atoms with Gasteiger partial charge in [-0.05, 0) is 24.3 Å². The van der Waals surface area contributed by atoms with E-state index in [0.717, 1.165) is 6.07 Å². The molecule has 2 N–H and O–H groups in total. The Hall–Kier alpha value is -2.64. The fourth-order valence-electron chi connectivity index (χ4n) is 1.68. The largest absolute Gasteiger partial charge is 0.271 e. The minimum absolute atomic E-state index is 0.0186. The lowest BCUT2D eigenvalue weighted by molar-refractivity contribution is -0.384. The number of non-ortho nitro benzene ring substituents is 1. The lowest BCUT2D eigenvalue weighted by Gasteiger charge is -2.08. The van der Waals surface area contributed by atoms with Crippen molar-refractivity contribution in [3.63, 3.8) is 0 Å². The van der Waals surface area contributed by atoms with Gasteiger partial charge in [0.05, 0.1) is 15.5 Å². The third kappa shape index (κ3) is 4.18.